The van der Waals surface area contributed by atoms with Gasteiger partial charge in [-0.1, -0.05) is 83.3 Å². The van der Waals surface area contributed by atoms with Gasteiger partial charge in [-0.3, -0.25) is 4.40 Å². The Morgan fingerprint density at radius 3 is 2.39 bits per heavy atom. The lowest BCUT2D eigenvalue weighted by Crippen LogP contribution is -2.36. The Labute approximate surface area is 227 Å². The Kier molecular flexibility index (Phi) is 7.48. The summed E-state index contributed by atoms with van der Waals surface area (Å²) in [7, 11) is 0. The first-order valence-corrected chi connectivity index (χ1v) is 13.2. The molecule has 2 aromatic heterocycles. The summed E-state index contributed by atoms with van der Waals surface area (Å²) >= 11 is 20.2. The molecule has 0 saturated carbocycles. The molecule has 1 N–H and O–H groups in total. The van der Waals surface area contributed by atoms with E-state index in [1.165, 1.54) is 0 Å². The normalized spacial score (nSPS) is 11.1. The van der Waals surface area contributed by atoms with Gasteiger partial charge in [-0.25, -0.2) is 9.78 Å². The van der Waals surface area contributed by atoms with Crippen LogP contribution in [0.15, 0.2) is 84.4 Å². The monoisotopic (exact) mass is 554 g/mol. The second-order valence-electron chi connectivity index (χ2n) is 8.20. The second-order valence-corrected chi connectivity index (χ2v) is 10.3. The molecule has 9 heteroatoms. The summed E-state index contributed by atoms with van der Waals surface area (Å²) in [6.45, 7) is 0.936. The molecular formula is C27H21Cl3N4OS. The number of hydrogen-bond donors (Lipinski definition) is 1. The summed E-state index contributed by atoms with van der Waals surface area (Å²) < 4.78 is 2.08. The third-order valence-corrected chi connectivity index (χ3v) is 7.53. The van der Waals surface area contributed by atoms with Crippen molar-refractivity contribution in [3.63, 3.8) is 0 Å². The number of aromatic nitrogens is 2. The van der Waals surface area contributed by atoms with Gasteiger partial charge in [-0.05, 0) is 29.8 Å². The van der Waals surface area contributed by atoms with E-state index in [0.29, 0.717) is 40.3 Å². The number of benzene rings is 3. The zero-order chi connectivity index (χ0) is 25.1. The van der Waals surface area contributed by atoms with Crippen LogP contribution in [0.5, 0.6) is 0 Å². The number of anilines is 1. The van der Waals surface area contributed by atoms with Crippen LogP contribution in [0.2, 0.25) is 15.1 Å². The van der Waals surface area contributed by atoms with Gasteiger partial charge < -0.3 is 10.2 Å². The Morgan fingerprint density at radius 1 is 0.944 bits per heavy atom. The number of hydrogen-bond acceptors (Lipinski definition) is 3. The third kappa shape index (κ3) is 5.52. The lowest BCUT2D eigenvalue weighted by molar-refractivity contribution is 0.209. The molecule has 36 heavy (non-hydrogen) atoms. The molecule has 5 nitrogen and oxygen atoms in total. The minimum Gasteiger partial charge on any atom is -0.320 e. The molecule has 5 aromatic rings. The Hall–Kier alpha value is -3.03. The van der Waals surface area contributed by atoms with E-state index >= 15 is 0 Å². The van der Waals surface area contributed by atoms with Crippen LogP contribution in [0.25, 0.3) is 16.2 Å². The van der Waals surface area contributed by atoms with Gasteiger partial charge in [0.15, 0.2) is 4.96 Å². The van der Waals surface area contributed by atoms with E-state index in [0.717, 1.165) is 27.5 Å². The summed E-state index contributed by atoms with van der Waals surface area (Å²) in [6.07, 6.45) is 2.67. The summed E-state index contributed by atoms with van der Waals surface area (Å²) in [6, 6.07) is 22.4. The van der Waals surface area contributed by atoms with Gasteiger partial charge in [-0.15, -0.1) is 11.3 Å². The molecule has 0 unspecified atom stereocenters. The highest BCUT2D eigenvalue weighted by Crippen LogP contribution is 2.30. The Balaban J connectivity index is 1.37. The first-order chi connectivity index (χ1) is 17.5. The van der Waals surface area contributed by atoms with Crippen LogP contribution in [-0.2, 0) is 13.0 Å². The van der Waals surface area contributed by atoms with E-state index in [4.69, 9.17) is 39.8 Å². The summed E-state index contributed by atoms with van der Waals surface area (Å²) in [4.78, 5) is 20.7. The van der Waals surface area contributed by atoms with Gasteiger partial charge in [0.25, 0.3) is 0 Å². The molecule has 182 valence electrons. The van der Waals surface area contributed by atoms with Crippen molar-refractivity contribution in [2.75, 3.05) is 11.9 Å². The van der Waals surface area contributed by atoms with Crippen LogP contribution in [0.4, 0.5) is 10.5 Å². The molecule has 0 fully saturated rings. The van der Waals surface area contributed by atoms with Gasteiger partial charge >= 0.3 is 6.03 Å². The van der Waals surface area contributed by atoms with Crippen molar-refractivity contribution < 1.29 is 4.79 Å². The summed E-state index contributed by atoms with van der Waals surface area (Å²) in [5, 5.41) is 6.45. The van der Waals surface area contributed by atoms with Gasteiger partial charge in [0.2, 0.25) is 0 Å². The first-order valence-electron chi connectivity index (χ1n) is 11.2. The quantitative estimate of drug-likeness (QED) is 0.220. The molecule has 2 amide bonds. The van der Waals surface area contributed by atoms with Crippen LogP contribution in [-0.4, -0.2) is 26.9 Å². The summed E-state index contributed by atoms with van der Waals surface area (Å²) in [5.74, 6) is 0. The average Bonchev–Trinajstić information content (AvgIpc) is 3.46. The second kappa shape index (κ2) is 10.9. The number of fused-ring (bicyclic) bond motifs is 1. The predicted octanol–water partition coefficient (Wildman–Crippen LogP) is 8.30. The fourth-order valence-corrected chi connectivity index (χ4v) is 5.40. The van der Waals surface area contributed by atoms with E-state index in [2.05, 4.69) is 15.1 Å². The number of halogens is 3. The molecule has 5 rings (SSSR count). The SMILES string of the molecule is O=C(Nc1c(Cl)cccc1Cl)N(CCc1csc2nc(-c3ccc(Cl)cc3)cn12)Cc1ccccc1. The average molecular weight is 556 g/mol. The van der Waals surface area contributed by atoms with Gasteiger partial charge in [0.1, 0.15) is 0 Å². The van der Waals surface area contributed by atoms with Crippen molar-refractivity contribution in [2.24, 2.45) is 0 Å². The number of nitrogens with one attached hydrogen (secondary N) is 1. The zero-order valence-electron chi connectivity index (χ0n) is 19.0. The number of imidazole rings is 1. The maximum absolute atomic E-state index is 13.3. The van der Waals surface area contributed by atoms with Crippen molar-refractivity contribution in [3.05, 3.63) is 111 Å². The molecule has 0 saturated heterocycles. The Morgan fingerprint density at radius 2 is 1.67 bits per heavy atom. The highest BCUT2D eigenvalue weighted by Gasteiger charge is 2.18. The van der Waals surface area contributed by atoms with Gasteiger partial charge in [0, 0.05) is 47.4 Å². The maximum atomic E-state index is 13.3. The molecule has 0 aliphatic heterocycles. The highest BCUT2D eigenvalue weighted by atomic mass is 35.5. The number of carbonyl (C=O) groups is 1. The van der Waals surface area contributed by atoms with Crippen molar-refractivity contribution >= 4 is 62.8 Å². The largest absolute Gasteiger partial charge is 0.322 e. The standard InChI is InChI=1S/C27H21Cl3N4OS/c28-20-11-9-19(10-12-20)24-16-34-21(17-36-27(34)31-24)13-14-33(15-18-5-2-1-3-6-18)26(35)32-25-22(29)7-4-8-23(25)30/h1-12,16-17H,13-15H2,(H,32,35). The zero-order valence-corrected chi connectivity index (χ0v) is 22.1. The topological polar surface area (TPSA) is 49.6 Å². The Bertz CT molecular complexity index is 1480. The molecule has 0 atom stereocenters. The lowest BCUT2D eigenvalue weighted by Gasteiger charge is -2.24. The number of rotatable bonds is 7. The van der Waals surface area contributed by atoms with Crippen LogP contribution in [0.3, 0.4) is 0 Å². The fourth-order valence-electron chi connectivity index (χ4n) is 3.88. The first kappa shape index (κ1) is 24.7. The fraction of sp³-hybridized carbons (Fsp3) is 0.111. The van der Waals surface area contributed by atoms with E-state index in [1.807, 2.05) is 60.8 Å². The molecule has 0 bridgehead atoms. The van der Waals surface area contributed by atoms with Crippen LogP contribution in [0.1, 0.15) is 11.3 Å². The number of amides is 2. The lowest BCUT2D eigenvalue weighted by atomic mass is 10.2. The molecule has 0 aliphatic carbocycles. The van der Waals surface area contributed by atoms with Crippen molar-refractivity contribution in [3.8, 4) is 11.3 Å². The number of nitrogens with zero attached hydrogens (tertiary/aromatic N) is 3. The molecular weight excluding hydrogens is 535 g/mol. The predicted molar refractivity (Wildman–Crippen MR) is 150 cm³/mol. The maximum Gasteiger partial charge on any atom is 0.322 e. The van der Waals surface area contributed by atoms with E-state index in [9.17, 15) is 4.79 Å². The van der Waals surface area contributed by atoms with Crippen LogP contribution < -0.4 is 5.32 Å². The number of urea groups is 1. The minimum atomic E-state index is -0.271. The molecule has 0 aliphatic rings. The molecule has 3 aromatic carbocycles. The van der Waals surface area contributed by atoms with Gasteiger partial charge in [-0.2, -0.15) is 0 Å². The van der Waals surface area contributed by atoms with E-state index in [-0.39, 0.29) is 6.03 Å². The molecule has 0 spiro atoms. The van der Waals surface area contributed by atoms with E-state index in [1.54, 1.807) is 34.4 Å². The van der Waals surface area contributed by atoms with Crippen LogP contribution >= 0.6 is 46.1 Å². The highest BCUT2D eigenvalue weighted by molar-refractivity contribution is 7.15. The number of thiazole rings is 1. The molecule has 0 radical (unpaired) electrons. The van der Waals surface area contributed by atoms with Crippen molar-refractivity contribution in [2.45, 2.75) is 13.0 Å². The smallest absolute Gasteiger partial charge is 0.320 e. The molecule has 2 heterocycles. The third-order valence-electron chi connectivity index (χ3n) is 5.76. The number of carbonyl (C=O) groups excluding carboxylic acids is 1. The number of para-hydroxylation sites is 1. The van der Waals surface area contributed by atoms with Crippen molar-refractivity contribution in [1.82, 2.24) is 14.3 Å². The van der Waals surface area contributed by atoms with Crippen molar-refractivity contribution in [1.29, 1.82) is 0 Å². The summed E-state index contributed by atoms with van der Waals surface area (Å²) in [5.41, 5.74) is 4.39. The minimum absolute atomic E-state index is 0.271. The van der Waals surface area contributed by atoms with Gasteiger partial charge in [0.05, 0.1) is 21.4 Å². The van der Waals surface area contributed by atoms with E-state index < -0.39 is 0 Å². The van der Waals surface area contributed by atoms with Crippen LogP contribution in [0, 0.1) is 0 Å².